The highest BCUT2D eigenvalue weighted by atomic mass is 19.4. The van der Waals surface area contributed by atoms with Crippen LogP contribution >= 0.6 is 0 Å². The first-order valence-corrected chi connectivity index (χ1v) is 9.75. The molecular weight excluding hydrogens is 333 g/mol. The molecule has 0 aliphatic heterocycles. The SMILES string of the molecule is CCCCC1CCC(c2ccc(-c3ccc(C(F)(F)F)cc3)cc2)CC1. The van der Waals surface area contributed by atoms with Crippen LogP contribution in [0, 0.1) is 5.92 Å². The Hall–Kier alpha value is -1.77. The van der Waals surface area contributed by atoms with Gasteiger partial charge in [-0.1, -0.05) is 62.6 Å². The Balaban J connectivity index is 1.62. The topological polar surface area (TPSA) is 0 Å². The van der Waals surface area contributed by atoms with Crippen molar-refractivity contribution < 1.29 is 13.2 Å². The molecule has 0 aromatic heterocycles. The smallest absolute Gasteiger partial charge is 0.166 e. The normalized spacial score (nSPS) is 20.9. The van der Waals surface area contributed by atoms with Crippen LogP contribution in [0.1, 0.15) is 68.9 Å². The molecule has 0 radical (unpaired) electrons. The lowest BCUT2D eigenvalue weighted by Crippen LogP contribution is -2.13. The highest BCUT2D eigenvalue weighted by Crippen LogP contribution is 2.38. The van der Waals surface area contributed by atoms with Crippen molar-refractivity contribution in [2.75, 3.05) is 0 Å². The van der Waals surface area contributed by atoms with E-state index < -0.39 is 11.7 Å². The van der Waals surface area contributed by atoms with E-state index in [0.717, 1.165) is 29.2 Å². The summed E-state index contributed by atoms with van der Waals surface area (Å²) in [6, 6.07) is 13.8. The molecule has 0 bridgehead atoms. The summed E-state index contributed by atoms with van der Waals surface area (Å²) in [5, 5.41) is 0. The van der Waals surface area contributed by atoms with Gasteiger partial charge >= 0.3 is 6.18 Å². The summed E-state index contributed by atoms with van der Waals surface area (Å²) in [7, 11) is 0. The molecule has 0 atom stereocenters. The first kappa shape index (κ1) is 19.0. The second kappa shape index (κ2) is 8.28. The van der Waals surface area contributed by atoms with Crippen molar-refractivity contribution in [3.8, 4) is 11.1 Å². The maximum atomic E-state index is 12.7. The van der Waals surface area contributed by atoms with Crippen LogP contribution in [0.15, 0.2) is 48.5 Å². The minimum Gasteiger partial charge on any atom is -0.166 e. The van der Waals surface area contributed by atoms with Crippen molar-refractivity contribution in [2.45, 2.75) is 64.0 Å². The van der Waals surface area contributed by atoms with E-state index in [1.165, 1.54) is 50.5 Å². The summed E-state index contributed by atoms with van der Waals surface area (Å²) in [6.07, 6.45) is 4.88. The largest absolute Gasteiger partial charge is 0.416 e. The Bertz CT molecular complexity index is 675. The zero-order valence-electron chi connectivity index (χ0n) is 15.4. The van der Waals surface area contributed by atoms with Crippen molar-refractivity contribution in [1.82, 2.24) is 0 Å². The first-order chi connectivity index (χ1) is 12.5. The third-order valence-electron chi connectivity index (χ3n) is 5.74. The van der Waals surface area contributed by atoms with Gasteiger partial charge in [0.2, 0.25) is 0 Å². The highest BCUT2D eigenvalue weighted by molar-refractivity contribution is 5.64. The fourth-order valence-corrected chi connectivity index (χ4v) is 4.08. The molecule has 1 fully saturated rings. The predicted octanol–water partition coefficient (Wildman–Crippen LogP) is 7.84. The van der Waals surface area contributed by atoms with Gasteiger partial charge in [-0.3, -0.25) is 0 Å². The molecule has 1 aliphatic carbocycles. The summed E-state index contributed by atoms with van der Waals surface area (Å²) < 4.78 is 38.0. The number of rotatable bonds is 5. The molecule has 1 aliphatic rings. The molecule has 2 aromatic rings. The van der Waals surface area contributed by atoms with Crippen molar-refractivity contribution in [3.05, 3.63) is 59.7 Å². The van der Waals surface area contributed by atoms with Crippen molar-refractivity contribution in [1.29, 1.82) is 0 Å². The number of benzene rings is 2. The molecule has 0 N–H and O–H groups in total. The van der Waals surface area contributed by atoms with Gasteiger partial charge in [-0.2, -0.15) is 13.2 Å². The first-order valence-electron chi connectivity index (χ1n) is 9.75. The van der Waals surface area contributed by atoms with Gasteiger partial charge in [-0.25, -0.2) is 0 Å². The van der Waals surface area contributed by atoms with Crippen LogP contribution in [0.5, 0.6) is 0 Å². The summed E-state index contributed by atoms with van der Waals surface area (Å²) in [5.41, 5.74) is 2.57. The minimum atomic E-state index is -4.28. The minimum absolute atomic E-state index is 0.599. The third kappa shape index (κ3) is 4.69. The summed E-state index contributed by atoms with van der Waals surface area (Å²) in [6.45, 7) is 2.25. The average molecular weight is 360 g/mol. The van der Waals surface area contributed by atoms with Gasteiger partial charge in [-0.05, 0) is 66.3 Å². The molecule has 26 heavy (non-hydrogen) atoms. The standard InChI is InChI=1S/C23H27F3/c1-2-3-4-17-5-7-18(8-6-17)19-9-11-20(12-10-19)21-13-15-22(16-14-21)23(24,25)26/h9-18H,2-8H2,1H3. The van der Waals surface area contributed by atoms with Gasteiger partial charge in [0, 0.05) is 0 Å². The molecule has 0 saturated heterocycles. The van der Waals surface area contributed by atoms with E-state index in [1.807, 2.05) is 12.1 Å². The van der Waals surface area contributed by atoms with E-state index >= 15 is 0 Å². The van der Waals surface area contributed by atoms with Crippen molar-refractivity contribution in [2.24, 2.45) is 5.92 Å². The van der Waals surface area contributed by atoms with E-state index in [1.54, 1.807) is 12.1 Å². The van der Waals surface area contributed by atoms with Crippen LogP contribution < -0.4 is 0 Å². The fraction of sp³-hybridized carbons (Fsp3) is 0.478. The quantitative estimate of drug-likeness (QED) is 0.509. The highest BCUT2D eigenvalue weighted by Gasteiger charge is 2.30. The zero-order valence-corrected chi connectivity index (χ0v) is 15.4. The van der Waals surface area contributed by atoms with E-state index in [-0.39, 0.29) is 0 Å². The molecule has 2 aromatic carbocycles. The molecule has 0 spiro atoms. The molecule has 0 nitrogen and oxygen atoms in total. The van der Waals surface area contributed by atoms with Crippen LogP contribution in [0.25, 0.3) is 11.1 Å². The number of hydrogen-bond acceptors (Lipinski definition) is 0. The van der Waals surface area contributed by atoms with Crippen LogP contribution in [-0.2, 0) is 6.18 Å². The fourth-order valence-electron chi connectivity index (χ4n) is 4.08. The summed E-state index contributed by atoms with van der Waals surface area (Å²) >= 11 is 0. The Morgan fingerprint density at radius 2 is 1.35 bits per heavy atom. The van der Waals surface area contributed by atoms with E-state index in [2.05, 4.69) is 19.1 Å². The summed E-state index contributed by atoms with van der Waals surface area (Å²) in [5.74, 6) is 1.53. The second-order valence-electron chi connectivity index (χ2n) is 7.56. The average Bonchev–Trinajstić information content (AvgIpc) is 2.66. The lowest BCUT2D eigenvalue weighted by Gasteiger charge is -2.29. The molecule has 0 unspecified atom stereocenters. The summed E-state index contributed by atoms with van der Waals surface area (Å²) in [4.78, 5) is 0. The number of hydrogen-bond donors (Lipinski definition) is 0. The Morgan fingerprint density at radius 1 is 0.808 bits per heavy atom. The van der Waals surface area contributed by atoms with Crippen molar-refractivity contribution in [3.63, 3.8) is 0 Å². The van der Waals surface area contributed by atoms with E-state index in [4.69, 9.17) is 0 Å². The number of alkyl halides is 3. The monoisotopic (exact) mass is 360 g/mol. The van der Waals surface area contributed by atoms with Crippen LogP contribution in [0.3, 0.4) is 0 Å². The van der Waals surface area contributed by atoms with E-state index in [0.29, 0.717) is 5.92 Å². The molecular formula is C23H27F3. The van der Waals surface area contributed by atoms with Crippen molar-refractivity contribution >= 4 is 0 Å². The third-order valence-corrected chi connectivity index (χ3v) is 5.74. The number of unbranched alkanes of at least 4 members (excludes halogenated alkanes) is 1. The maximum absolute atomic E-state index is 12.7. The Morgan fingerprint density at radius 3 is 1.85 bits per heavy atom. The van der Waals surface area contributed by atoms with Gasteiger partial charge in [0.25, 0.3) is 0 Å². The van der Waals surface area contributed by atoms with Gasteiger partial charge in [0.05, 0.1) is 5.56 Å². The van der Waals surface area contributed by atoms with Gasteiger partial charge < -0.3 is 0 Å². The molecule has 1 saturated carbocycles. The van der Waals surface area contributed by atoms with Gasteiger partial charge in [-0.15, -0.1) is 0 Å². The second-order valence-corrected chi connectivity index (χ2v) is 7.56. The lowest BCUT2D eigenvalue weighted by molar-refractivity contribution is -0.137. The van der Waals surface area contributed by atoms with Gasteiger partial charge in [0.1, 0.15) is 0 Å². The van der Waals surface area contributed by atoms with Crippen LogP contribution in [-0.4, -0.2) is 0 Å². The van der Waals surface area contributed by atoms with Gasteiger partial charge in [0.15, 0.2) is 0 Å². The van der Waals surface area contributed by atoms with Crippen LogP contribution in [0.4, 0.5) is 13.2 Å². The lowest BCUT2D eigenvalue weighted by atomic mass is 9.77. The molecule has 0 amide bonds. The Labute approximate surface area is 154 Å². The zero-order chi connectivity index (χ0) is 18.6. The molecule has 3 rings (SSSR count). The Kier molecular flexibility index (Phi) is 6.05. The van der Waals surface area contributed by atoms with Crippen LogP contribution in [0.2, 0.25) is 0 Å². The number of halogens is 3. The predicted molar refractivity (Wildman–Crippen MR) is 101 cm³/mol. The molecule has 140 valence electrons. The maximum Gasteiger partial charge on any atom is 0.416 e. The van der Waals surface area contributed by atoms with E-state index in [9.17, 15) is 13.2 Å². The molecule has 3 heteroatoms. The molecule has 0 heterocycles.